The molecular weight excluding hydrogens is 506 g/mol. The van der Waals surface area contributed by atoms with Gasteiger partial charge in [0, 0.05) is 27.9 Å². The minimum absolute atomic E-state index is 0.0106. The van der Waals surface area contributed by atoms with E-state index in [0.717, 1.165) is 51.4 Å². The minimum atomic E-state index is -0.485. The topological polar surface area (TPSA) is 59.2 Å². The summed E-state index contributed by atoms with van der Waals surface area (Å²) in [6, 6.07) is 8.73. The molecule has 1 aromatic carbocycles. The summed E-state index contributed by atoms with van der Waals surface area (Å²) in [7, 11) is 1.52. The number of H-pyrrole nitrogens is 1. The Hall–Kier alpha value is -2.36. The van der Waals surface area contributed by atoms with Gasteiger partial charge in [0.15, 0.2) is 5.78 Å². The van der Waals surface area contributed by atoms with Gasteiger partial charge in [0.1, 0.15) is 0 Å². The zero-order chi connectivity index (χ0) is 29.4. The normalized spacial score (nSPS) is 44.5. The fourth-order valence-corrected chi connectivity index (χ4v) is 11.9. The number of benzene rings is 1. The Bertz CT molecular complexity index is 1510. The number of ether oxygens (including phenoxy) is 1. The van der Waals surface area contributed by atoms with E-state index in [4.69, 9.17) is 4.74 Å². The van der Waals surface area contributed by atoms with Crippen molar-refractivity contribution in [3.63, 3.8) is 0 Å². The molecule has 0 amide bonds. The fraction of sp³-hybridized carbons (Fsp3) is 0.676. The van der Waals surface area contributed by atoms with E-state index in [1.54, 1.807) is 0 Å². The van der Waals surface area contributed by atoms with Crippen LogP contribution in [0.5, 0.6) is 0 Å². The molecule has 220 valence electrons. The smallest absolute Gasteiger partial charge is 0.311 e. The lowest BCUT2D eigenvalue weighted by molar-refractivity contribution is -0.174. The summed E-state index contributed by atoms with van der Waals surface area (Å²) in [5.41, 5.74) is 4.72. The van der Waals surface area contributed by atoms with Crippen molar-refractivity contribution in [3.8, 4) is 0 Å². The van der Waals surface area contributed by atoms with Crippen molar-refractivity contribution in [3.05, 3.63) is 47.2 Å². The number of ketones is 1. The average molecular weight is 556 g/mol. The number of fused-ring (bicyclic) bond motifs is 10. The van der Waals surface area contributed by atoms with Crippen molar-refractivity contribution < 1.29 is 14.3 Å². The van der Waals surface area contributed by atoms with Crippen LogP contribution < -0.4 is 0 Å². The van der Waals surface area contributed by atoms with E-state index in [2.05, 4.69) is 83.8 Å². The molecule has 0 aliphatic heterocycles. The van der Waals surface area contributed by atoms with Crippen molar-refractivity contribution in [2.45, 2.75) is 105 Å². The van der Waals surface area contributed by atoms with Crippen molar-refractivity contribution in [2.75, 3.05) is 7.11 Å². The molecule has 0 radical (unpaired) electrons. The maximum absolute atomic E-state index is 14.8. The number of esters is 1. The predicted molar refractivity (Wildman–Crippen MR) is 163 cm³/mol. The van der Waals surface area contributed by atoms with Crippen LogP contribution in [0.4, 0.5) is 0 Å². The molecule has 3 saturated carbocycles. The first-order valence-electron chi connectivity index (χ1n) is 16.1. The van der Waals surface area contributed by atoms with Gasteiger partial charge < -0.3 is 9.72 Å². The highest BCUT2D eigenvalue weighted by atomic mass is 16.5. The molecule has 2 aromatic rings. The van der Waals surface area contributed by atoms with Crippen LogP contribution in [0.15, 0.2) is 35.9 Å². The van der Waals surface area contributed by atoms with Gasteiger partial charge in [0.2, 0.25) is 0 Å². The van der Waals surface area contributed by atoms with E-state index in [1.165, 1.54) is 34.8 Å². The standard InChI is InChI=1S/C37H49NO3/c1-32(2)28-13-14-37(7)29(35(28,5)20-23-22-11-9-10-12-26(22)38-30(23)32)27(39)19-24-25-21-34(4,31(40)41-8)16-15-33(25,3)17-18-36(24,37)6/h9-12,19,25,28-29,38H,13-18,20-21H2,1-8H3/t25-,28+,29+,33-,34+,35+,36-,37-/m1/s1. The van der Waals surface area contributed by atoms with Gasteiger partial charge in [-0.2, -0.15) is 0 Å². The van der Waals surface area contributed by atoms with Gasteiger partial charge in [-0.3, -0.25) is 9.59 Å². The van der Waals surface area contributed by atoms with Crippen LogP contribution in [0.25, 0.3) is 10.9 Å². The lowest BCUT2D eigenvalue weighted by atomic mass is 9.33. The first-order valence-corrected chi connectivity index (χ1v) is 16.1. The Balaban J connectivity index is 1.37. The first-order chi connectivity index (χ1) is 19.1. The maximum atomic E-state index is 14.8. The summed E-state index contributed by atoms with van der Waals surface area (Å²) in [5.74, 6) is 0.923. The molecule has 1 aromatic heterocycles. The second-order valence-electron chi connectivity index (χ2n) is 16.7. The highest BCUT2D eigenvalue weighted by molar-refractivity contribution is 5.96. The summed E-state index contributed by atoms with van der Waals surface area (Å²) in [6.07, 6.45) is 10.3. The zero-order valence-corrected chi connectivity index (χ0v) is 26.5. The van der Waals surface area contributed by atoms with Crippen LogP contribution in [0.1, 0.15) is 105 Å². The number of hydrogen-bond donors (Lipinski definition) is 1. The summed E-state index contributed by atoms with van der Waals surface area (Å²) in [5, 5.41) is 1.32. The predicted octanol–water partition coefficient (Wildman–Crippen LogP) is 8.34. The molecule has 0 saturated heterocycles. The molecule has 1 heterocycles. The van der Waals surface area contributed by atoms with Gasteiger partial charge in [-0.15, -0.1) is 0 Å². The van der Waals surface area contributed by atoms with Gasteiger partial charge in [-0.1, -0.05) is 65.3 Å². The van der Waals surface area contributed by atoms with Crippen LogP contribution in [0.2, 0.25) is 0 Å². The molecule has 41 heavy (non-hydrogen) atoms. The van der Waals surface area contributed by atoms with Crippen molar-refractivity contribution in [1.82, 2.24) is 4.98 Å². The maximum Gasteiger partial charge on any atom is 0.311 e. The lowest BCUT2D eigenvalue weighted by Crippen LogP contribution is -2.66. The van der Waals surface area contributed by atoms with E-state index >= 15 is 0 Å². The second kappa shape index (κ2) is 8.17. The number of aromatic amines is 1. The van der Waals surface area contributed by atoms with Crippen LogP contribution in [-0.4, -0.2) is 23.8 Å². The average Bonchev–Trinajstić information content (AvgIpc) is 3.29. The van der Waals surface area contributed by atoms with Gasteiger partial charge in [-0.25, -0.2) is 0 Å². The summed E-state index contributed by atoms with van der Waals surface area (Å²) >= 11 is 0. The molecule has 7 rings (SSSR count). The number of carbonyl (C=O) groups is 2. The number of para-hydroxylation sites is 1. The Morgan fingerprint density at radius 2 is 1.66 bits per heavy atom. The van der Waals surface area contributed by atoms with Gasteiger partial charge in [0.05, 0.1) is 12.5 Å². The molecule has 3 fully saturated rings. The molecule has 0 unspecified atom stereocenters. The minimum Gasteiger partial charge on any atom is -0.469 e. The molecule has 4 nitrogen and oxygen atoms in total. The number of nitrogens with one attached hydrogen (secondary N) is 1. The Morgan fingerprint density at radius 1 is 0.951 bits per heavy atom. The molecule has 5 aliphatic carbocycles. The third-order valence-electron chi connectivity index (χ3n) is 14.4. The van der Waals surface area contributed by atoms with Crippen LogP contribution in [0.3, 0.4) is 0 Å². The van der Waals surface area contributed by atoms with E-state index in [9.17, 15) is 9.59 Å². The highest BCUT2D eigenvalue weighted by Gasteiger charge is 2.70. The number of methoxy groups -OCH3 is 1. The molecule has 1 N–H and O–H groups in total. The molecule has 8 atom stereocenters. The van der Waals surface area contributed by atoms with Gasteiger partial charge >= 0.3 is 5.97 Å². The molecular formula is C37H49NO3. The van der Waals surface area contributed by atoms with E-state index in [-0.39, 0.29) is 44.9 Å². The second-order valence-corrected chi connectivity index (χ2v) is 16.7. The summed E-state index contributed by atoms with van der Waals surface area (Å²) < 4.78 is 5.31. The number of aromatic nitrogens is 1. The van der Waals surface area contributed by atoms with E-state index in [0.29, 0.717) is 11.7 Å². The first kappa shape index (κ1) is 27.5. The van der Waals surface area contributed by atoms with Crippen molar-refractivity contribution in [2.24, 2.45) is 44.8 Å². The zero-order valence-electron chi connectivity index (χ0n) is 26.5. The largest absolute Gasteiger partial charge is 0.469 e. The quantitative estimate of drug-likeness (QED) is 0.360. The van der Waals surface area contributed by atoms with Gasteiger partial charge in [-0.05, 0) is 109 Å². The SMILES string of the molecule is COC(=O)[C@@]1(C)CC[C@]2(C)CC[C@]3(C)C(=CC(=O)[C@H]4[C@@]5(C)Cc6c([nH]c7ccccc67)C(C)(C)[C@@H]5CC[C@]43C)[C@H]2C1. The van der Waals surface area contributed by atoms with Crippen LogP contribution in [-0.2, 0) is 26.2 Å². The number of carbonyl (C=O) groups excluding carboxylic acids is 2. The molecule has 5 aliphatic rings. The molecule has 0 bridgehead atoms. The monoisotopic (exact) mass is 555 g/mol. The van der Waals surface area contributed by atoms with E-state index < -0.39 is 5.41 Å². The van der Waals surface area contributed by atoms with Crippen LogP contribution in [0, 0.1) is 44.8 Å². The Morgan fingerprint density at radius 3 is 2.39 bits per heavy atom. The summed E-state index contributed by atoms with van der Waals surface area (Å²) in [4.78, 5) is 31.6. The third-order valence-corrected chi connectivity index (χ3v) is 14.4. The lowest BCUT2D eigenvalue weighted by Gasteiger charge is -2.70. The number of hydrogen-bond acceptors (Lipinski definition) is 3. The third kappa shape index (κ3) is 3.23. The van der Waals surface area contributed by atoms with E-state index in [1.807, 2.05) is 0 Å². The summed E-state index contributed by atoms with van der Waals surface area (Å²) in [6.45, 7) is 16.8. The molecule has 4 heteroatoms. The highest BCUT2D eigenvalue weighted by Crippen LogP contribution is 2.75. The van der Waals surface area contributed by atoms with Crippen molar-refractivity contribution >= 4 is 22.7 Å². The Kier molecular flexibility index (Phi) is 5.47. The van der Waals surface area contributed by atoms with Gasteiger partial charge in [0.25, 0.3) is 0 Å². The number of rotatable bonds is 1. The van der Waals surface area contributed by atoms with Crippen molar-refractivity contribution in [1.29, 1.82) is 0 Å². The Labute approximate surface area is 246 Å². The molecule has 0 spiro atoms. The fourth-order valence-electron chi connectivity index (χ4n) is 11.9. The number of allylic oxidation sites excluding steroid dienone is 2. The van der Waals surface area contributed by atoms with Crippen LogP contribution >= 0.6 is 0 Å².